The number of hydrogen-bond acceptors (Lipinski definition) is 5. The van der Waals surface area contributed by atoms with Crippen molar-refractivity contribution >= 4 is 27.3 Å². The van der Waals surface area contributed by atoms with E-state index in [0.29, 0.717) is 10.3 Å². The Morgan fingerprint density at radius 1 is 1.60 bits per heavy atom. The van der Waals surface area contributed by atoms with Gasteiger partial charge < -0.3 is 5.11 Å². The fourth-order valence-corrected chi connectivity index (χ4v) is 2.66. The van der Waals surface area contributed by atoms with Crippen LogP contribution in [0.25, 0.3) is 0 Å². The first-order valence-corrected chi connectivity index (χ1v) is 5.91. The van der Waals surface area contributed by atoms with Crippen LogP contribution >= 0.6 is 27.3 Å². The second-order valence-electron chi connectivity index (χ2n) is 3.09. The highest BCUT2D eigenvalue weighted by molar-refractivity contribution is 9.10. The van der Waals surface area contributed by atoms with Crippen molar-refractivity contribution in [3.05, 3.63) is 26.4 Å². The number of aromatic nitrogens is 4. The van der Waals surface area contributed by atoms with Crippen molar-refractivity contribution in [3.63, 3.8) is 0 Å². The largest absolute Gasteiger partial charge is 0.381 e. The summed E-state index contributed by atoms with van der Waals surface area (Å²) >= 11 is 4.68. The van der Waals surface area contributed by atoms with Crippen molar-refractivity contribution in [1.29, 1.82) is 0 Å². The fraction of sp³-hybridized carbons (Fsp3) is 0.375. The van der Waals surface area contributed by atoms with Crippen LogP contribution in [0.15, 0.2) is 10.1 Å². The Morgan fingerprint density at radius 2 is 2.33 bits per heavy atom. The molecule has 0 spiro atoms. The number of halogens is 1. The van der Waals surface area contributed by atoms with Gasteiger partial charge in [-0.05, 0) is 22.9 Å². The van der Waals surface area contributed by atoms with Gasteiger partial charge in [0.15, 0.2) is 4.60 Å². The lowest BCUT2D eigenvalue weighted by molar-refractivity contribution is 0.212. The van der Waals surface area contributed by atoms with Crippen LogP contribution in [0.4, 0.5) is 0 Å². The Morgan fingerprint density at radius 3 is 2.80 bits per heavy atom. The van der Waals surface area contributed by atoms with E-state index in [-0.39, 0.29) is 0 Å². The summed E-state index contributed by atoms with van der Waals surface area (Å²) in [6, 6.07) is 0. The first-order chi connectivity index (χ1) is 7.11. The highest BCUT2D eigenvalue weighted by Gasteiger charge is 2.22. The summed E-state index contributed by atoms with van der Waals surface area (Å²) in [6.07, 6.45) is -0.730. The Balaban J connectivity index is 2.45. The lowest BCUT2D eigenvalue weighted by Crippen LogP contribution is -2.07. The minimum absolute atomic E-state index is 0.560. The van der Waals surface area contributed by atoms with Gasteiger partial charge in [0.05, 0.1) is 16.1 Å². The second kappa shape index (κ2) is 3.99. The minimum Gasteiger partial charge on any atom is -0.381 e. The van der Waals surface area contributed by atoms with Gasteiger partial charge in [0.25, 0.3) is 0 Å². The van der Waals surface area contributed by atoms with Gasteiger partial charge in [-0.3, -0.25) is 0 Å². The minimum atomic E-state index is -0.730. The summed E-state index contributed by atoms with van der Waals surface area (Å²) < 4.78 is 2.11. The first kappa shape index (κ1) is 10.7. The van der Waals surface area contributed by atoms with Crippen molar-refractivity contribution in [1.82, 2.24) is 20.0 Å². The molecular formula is C8H9BrN4OS. The molecule has 0 saturated heterocycles. The van der Waals surface area contributed by atoms with E-state index in [2.05, 4.69) is 31.2 Å². The van der Waals surface area contributed by atoms with Gasteiger partial charge in [0.2, 0.25) is 0 Å². The van der Waals surface area contributed by atoms with Crippen LogP contribution in [-0.2, 0) is 7.05 Å². The Kier molecular flexibility index (Phi) is 2.85. The number of thiazole rings is 1. The highest BCUT2D eigenvalue weighted by Crippen LogP contribution is 2.30. The molecule has 1 atom stereocenters. The van der Waals surface area contributed by atoms with Crippen molar-refractivity contribution in [2.45, 2.75) is 13.0 Å². The van der Waals surface area contributed by atoms with E-state index in [0.717, 1.165) is 10.6 Å². The molecule has 0 amide bonds. The molecule has 1 unspecified atom stereocenters. The summed E-state index contributed by atoms with van der Waals surface area (Å²) in [4.78, 5) is 4.92. The van der Waals surface area contributed by atoms with Crippen LogP contribution in [0.1, 0.15) is 22.4 Å². The zero-order valence-electron chi connectivity index (χ0n) is 8.18. The molecule has 0 aromatic carbocycles. The number of aliphatic hydroxyl groups is 1. The fourth-order valence-electron chi connectivity index (χ4n) is 1.33. The van der Waals surface area contributed by atoms with Gasteiger partial charge in [-0.2, -0.15) is 0 Å². The van der Waals surface area contributed by atoms with E-state index in [4.69, 9.17) is 0 Å². The maximum absolute atomic E-state index is 10.2. The Hall–Kier alpha value is -0.790. The standard InChI is InChI=1S/C8H9BrN4OS/c1-4-7(15-3-10-4)6(14)5-8(9)11-12-13(5)2/h3,6,14H,1-2H3. The molecule has 2 heterocycles. The molecule has 1 N–H and O–H groups in total. The summed E-state index contributed by atoms with van der Waals surface area (Å²) in [7, 11) is 1.74. The van der Waals surface area contributed by atoms with Crippen LogP contribution in [0.3, 0.4) is 0 Å². The number of aryl methyl sites for hydroxylation is 2. The SMILES string of the molecule is Cc1ncsc1C(O)c1c(Br)nnn1C. The lowest BCUT2D eigenvalue weighted by atomic mass is 10.2. The zero-order valence-corrected chi connectivity index (χ0v) is 10.6. The van der Waals surface area contributed by atoms with Crippen LogP contribution in [0.2, 0.25) is 0 Å². The van der Waals surface area contributed by atoms with Gasteiger partial charge in [0, 0.05) is 7.05 Å². The molecule has 2 aromatic rings. The topological polar surface area (TPSA) is 63.8 Å². The maximum Gasteiger partial charge on any atom is 0.154 e. The average molecular weight is 289 g/mol. The number of aliphatic hydroxyl groups excluding tert-OH is 1. The first-order valence-electron chi connectivity index (χ1n) is 4.24. The number of hydrogen-bond donors (Lipinski definition) is 1. The summed E-state index contributed by atoms with van der Waals surface area (Å²) in [5.41, 5.74) is 3.19. The molecule has 0 aliphatic rings. The maximum atomic E-state index is 10.2. The van der Waals surface area contributed by atoms with Gasteiger partial charge >= 0.3 is 0 Å². The number of nitrogens with zero attached hydrogens (tertiary/aromatic N) is 4. The van der Waals surface area contributed by atoms with Crippen molar-refractivity contribution in [2.24, 2.45) is 7.05 Å². The van der Waals surface area contributed by atoms with Crippen LogP contribution in [0, 0.1) is 6.92 Å². The van der Waals surface area contributed by atoms with E-state index >= 15 is 0 Å². The van der Waals surface area contributed by atoms with E-state index in [1.165, 1.54) is 11.3 Å². The van der Waals surface area contributed by atoms with E-state index in [9.17, 15) is 5.11 Å². The third-order valence-corrected chi connectivity index (χ3v) is 3.66. The Bertz CT molecular complexity index is 461. The number of rotatable bonds is 2. The van der Waals surface area contributed by atoms with Gasteiger partial charge in [-0.25, -0.2) is 9.67 Å². The van der Waals surface area contributed by atoms with Crippen molar-refractivity contribution < 1.29 is 5.11 Å². The van der Waals surface area contributed by atoms with Gasteiger partial charge in [0.1, 0.15) is 11.8 Å². The third-order valence-electron chi connectivity index (χ3n) is 2.12. The molecule has 0 saturated carbocycles. The van der Waals surface area contributed by atoms with Crippen LogP contribution < -0.4 is 0 Å². The van der Waals surface area contributed by atoms with Gasteiger partial charge in [-0.15, -0.1) is 16.4 Å². The molecule has 0 aliphatic carbocycles. The second-order valence-corrected chi connectivity index (χ2v) is 4.73. The summed E-state index contributed by atoms with van der Waals surface area (Å²) in [6.45, 7) is 1.87. The molecule has 2 rings (SSSR count). The lowest BCUT2D eigenvalue weighted by Gasteiger charge is -2.09. The zero-order chi connectivity index (χ0) is 11.0. The van der Waals surface area contributed by atoms with Gasteiger partial charge in [-0.1, -0.05) is 5.21 Å². The molecule has 5 nitrogen and oxygen atoms in total. The van der Waals surface area contributed by atoms with Crippen LogP contribution in [0.5, 0.6) is 0 Å². The molecule has 15 heavy (non-hydrogen) atoms. The van der Waals surface area contributed by atoms with E-state index in [1.807, 2.05) is 6.92 Å². The van der Waals surface area contributed by atoms with Crippen molar-refractivity contribution in [2.75, 3.05) is 0 Å². The molecular weight excluding hydrogens is 280 g/mol. The van der Waals surface area contributed by atoms with Crippen LogP contribution in [-0.4, -0.2) is 25.1 Å². The van der Waals surface area contributed by atoms with E-state index in [1.54, 1.807) is 17.2 Å². The third kappa shape index (κ3) is 1.82. The molecule has 2 aromatic heterocycles. The highest BCUT2D eigenvalue weighted by atomic mass is 79.9. The summed E-state index contributed by atoms with van der Waals surface area (Å²) in [5, 5.41) is 17.8. The smallest absolute Gasteiger partial charge is 0.154 e. The molecule has 80 valence electrons. The summed E-state index contributed by atoms with van der Waals surface area (Å²) in [5.74, 6) is 0. The van der Waals surface area contributed by atoms with Crippen molar-refractivity contribution in [3.8, 4) is 0 Å². The monoisotopic (exact) mass is 288 g/mol. The average Bonchev–Trinajstić information content (AvgIpc) is 2.73. The molecule has 0 fully saturated rings. The normalized spacial score (nSPS) is 13.1. The molecule has 7 heteroatoms. The molecule has 0 aliphatic heterocycles. The van der Waals surface area contributed by atoms with E-state index < -0.39 is 6.10 Å². The predicted octanol–water partition coefficient (Wildman–Crippen LogP) is 1.42. The molecule has 0 radical (unpaired) electrons. The quantitative estimate of drug-likeness (QED) is 0.908. The predicted molar refractivity (Wildman–Crippen MR) is 59.6 cm³/mol. The Labute approximate surface area is 98.9 Å². The molecule has 0 bridgehead atoms.